The van der Waals surface area contributed by atoms with Crippen LogP contribution in [0.1, 0.15) is 0 Å². The van der Waals surface area contributed by atoms with Crippen molar-refractivity contribution in [3.05, 3.63) is 95.2 Å². The first kappa shape index (κ1) is 25.3. The lowest BCUT2D eigenvalue weighted by Gasteiger charge is -2.22. The predicted molar refractivity (Wildman–Crippen MR) is 153 cm³/mol. The number of carbonyl (C=O) groups is 2. The minimum Gasteiger partial charge on any atom is -0.494 e. The van der Waals surface area contributed by atoms with Gasteiger partial charge in [0.25, 0.3) is 0 Å². The molecular weight excluding hydrogens is 496 g/mol. The number of rotatable bonds is 5. The molecule has 0 spiro atoms. The molecule has 3 amide bonds. The smallest absolute Gasteiger partial charge is 0.331 e. The van der Waals surface area contributed by atoms with Crippen molar-refractivity contribution < 1.29 is 14.3 Å². The van der Waals surface area contributed by atoms with Crippen LogP contribution in [0.2, 0.25) is 0 Å². The Morgan fingerprint density at radius 3 is 2.10 bits per heavy atom. The quantitative estimate of drug-likeness (QED) is 0.270. The van der Waals surface area contributed by atoms with Crippen molar-refractivity contribution in [2.45, 2.75) is 0 Å². The molecule has 5 rings (SSSR count). The van der Waals surface area contributed by atoms with Crippen molar-refractivity contribution in [2.75, 3.05) is 42.1 Å². The summed E-state index contributed by atoms with van der Waals surface area (Å²) in [6, 6.07) is 23.2. The zero-order chi connectivity index (χ0) is 27.5. The Balaban J connectivity index is 1.66. The molecule has 1 aliphatic carbocycles. The van der Waals surface area contributed by atoms with E-state index in [2.05, 4.69) is 16.0 Å². The minimum absolute atomic E-state index is 0.0154. The molecule has 10 heteroatoms. The number of fused-ring (bicyclic) bond motifs is 2. The fourth-order valence-electron chi connectivity index (χ4n) is 4.18. The third kappa shape index (κ3) is 5.21. The summed E-state index contributed by atoms with van der Waals surface area (Å²) < 4.78 is 7.03. The van der Waals surface area contributed by atoms with Crippen LogP contribution in [-0.2, 0) is 0 Å². The van der Waals surface area contributed by atoms with Crippen molar-refractivity contribution in [1.82, 2.24) is 9.55 Å². The number of ether oxygens (including phenoxy) is 1. The zero-order valence-corrected chi connectivity index (χ0v) is 21.6. The summed E-state index contributed by atoms with van der Waals surface area (Å²) in [4.78, 5) is 46.0. The number of benzene rings is 4. The maximum atomic E-state index is 13.7. The Morgan fingerprint density at radius 2 is 1.49 bits per heavy atom. The first-order chi connectivity index (χ1) is 18.8. The highest BCUT2D eigenvalue weighted by Gasteiger charge is 2.23. The lowest BCUT2D eigenvalue weighted by molar-refractivity contribution is 0.254. The second-order valence-electron chi connectivity index (χ2n) is 8.94. The van der Waals surface area contributed by atoms with E-state index in [-0.39, 0.29) is 11.4 Å². The van der Waals surface area contributed by atoms with Gasteiger partial charge in [0, 0.05) is 43.3 Å². The van der Waals surface area contributed by atoms with Gasteiger partial charge in [-0.15, -0.1) is 0 Å². The second-order valence-corrected chi connectivity index (χ2v) is 8.94. The zero-order valence-electron chi connectivity index (χ0n) is 21.6. The van der Waals surface area contributed by atoms with Gasteiger partial charge >= 0.3 is 12.1 Å². The largest absolute Gasteiger partial charge is 0.494 e. The molecule has 0 aromatic heterocycles. The van der Waals surface area contributed by atoms with E-state index >= 15 is 0 Å². The summed E-state index contributed by atoms with van der Waals surface area (Å²) in [6.07, 6.45) is 0. The van der Waals surface area contributed by atoms with Crippen LogP contribution in [0.15, 0.2) is 89.7 Å². The summed E-state index contributed by atoms with van der Waals surface area (Å²) in [5.74, 6) is 0.446. The van der Waals surface area contributed by atoms with Gasteiger partial charge in [-0.25, -0.2) is 14.6 Å². The SMILES string of the molecule is COc1cc(N(C)C)cc2c1nc1cc(NC(=O)Nc3ccccc3)c(=O)cc-1n2C(=O)Nc1ccccc1. The van der Waals surface area contributed by atoms with Crippen LogP contribution in [0.25, 0.3) is 22.4 Å². The van der Waals surface area contributed by atoms with E-state index in [4.69, 9.17) is 9.72 Å². The van der Waals surface area contributed by atoms with Crippen molar-refractivity contribution >= 4 is 45.8 Å². The fraction of sp³-hybridized carbons (Fsp3) is 0.103. The van der Waals surface area contributed by atoms with Gasteiger partial charge in [0.15, 0.2) is 0 Å². The van der Waals surface area contributed by atoms with E-state index in [1.54, 1.807) is 42.5 Å². The van der Waals surface area contributed by atoms with Crippen molar-refractivity contribution in [2.24, 2.45) is 0 Å². The van der Waals surface area contributed by atoms with Crippen LogP contribution in [-0.4, -0.2) is 42.8 Å². The maximum Gasteiger partial charge on any atom is 0.331 e. The molecule has 1 aliphatic heterocycles. The molecule has 0 unspecified atom stereocenters. The number of methoxy groups -OCH3 is 1. The third-order valence-corrected chi connectivity index (χ3v) is 6.07. The van der Waals surface area contributed by atoms with Gasteiger partial charge in [-0.1, -0.05) is 36.4 Å². The van der Waals surface area contributed by atoms with E-state index in [0.717, 1.165) is 5.69 Å². The van der Waals surface area contributed by atoms with Crippen LogP contribution in [0, 0.1) is 0 Å². The first-order valence-electron chi connectivity index (χ1n) is 12.1. The predicted octanol–water partition coefficient (Wildman–Crippen LogP) is 5.30. The molecule has 39 heavy (non-hydrogen) atoms. The number of nitrogens with zero attached hydrogens (tertiary/aromatic N) is 3. The van der Waals surface area contributed by atoms with Gasteiger partial charge in [0.2, 0.25) is 5.43 Å². The summed E-state index contributed by atoms with van der Waals surface area (Å²) in [5.41, 5.74) is 2.92. The minimum atomic E-state index is -0.582. The molecule has 0 saturated carbocycles. The molecule has 3 N–H and O–H groups in total. The number of hydrogen-bond acceptors (Lipinski definition) is 6. The number of anilines is 4. The Morgan fingerprint density at radius 1 is 0.846 bits per heavy atom. The molecule has 3 aromatic rings. The van der Waals surface area contributed by atoms with E-state index in [0.29, 0.717) is 33.9 Å². The Kier molecular flexibility index (Phi) is 6.83. The van der Waals surface area contributed by atoms with Gasteiger partial charge in [-0.05, 0) is 36.4 Å². The van der Waals surface area contributed by atoms with E-state index < -0.39 is 17.5 Å². The number of amides is 3. The normalized spacial score (nSPS) is 10.7. The third-order valence-electron chi connectivity index (χ3n) is 6.07. The molecule has 1 heterocycles. The molecule has 0 bridgehead atoms. The Bertz CT molecular complexity index is 1700. The highest BCUT2D eigenvalue weighted by atomic mass is 16.5. The average Bonchev–Trinajstić information content (AvgIpc) is 2.92. The van der Waals surface area contributed by atoms with Crippen molar-refractivity contribution in [1.29, 1.82) is 0 Å². The molecule has 196 valence electrons. The second kappa shape index (κ2) is 10.5. The summed E-state index contributed by atoms with van der Waals surface area (Å²) >= 11 is 0. The van der Waals surface area contributed by atoms with Crippen molar-refractivity contribution in [3.8, 4) is 17.1 Å². The highest BCUT2D eigenvalue weighted by Crippen LogP contribution is 2.34. The van der Waals surface area contributed by atoms with Crippen LogP contribution in [0.5, 0.6) is 5.75 Å². The lowest BCUT2D eigenvalue weighted by Crippen LogP contribution is -2.26. The molecule has 10 nitrogen and oxygen atoms in total. The van der Waals surface area contributed by atoms with E-state index in [9.17, 15) is 14.4 Å². The number of aromatic nitrogens is 2. The molecule has 0 atom stereocenters. The molecule has 0 radical (unpaired) electrons. The monoisotopic (exact) mass is 522 g/mol. The maximum absolute atomic E-state index is 13.7. The first-order valence-corrected chi connectivity index (χ1v) is 12.1. The molecule has 0 saturated heterocycles. The summed E-state index contributed by atoms with van der Waals surface area (Å²) in [7, 11) is 5.27. The summed E-state index contributed by atoms with van der Waals surface area (Å²) in [6.45, 7) is 0. The van der Waals surface area contributed by atoms with E-state index in [1.165, 1.54) is 23.8 Å². The van der Waals surface area contributed by atoms with E-state index in [1.807, 2.05) is 49.3 Å². The van der Waals surface area contributed by atoms with Gasteiger partial charge in [0.1, 0.15) is 11.3 Å². The molecule has 3 aromatic carbocycles. The van der Waals surface area contributed by atoms with Crippen LogP contribution in [0.4, 0.5) is 32.3 Å². The standard InChI is InChI=1S/C29H26N6O4/c1-34(2)20-14-24-27(26(15-20)39-3)32-21-16-22(33-28(37)30-18-10-6-4-7-11-18)25(36)17-23(21)35(24)29(38)31-19-12-8-5-9-13-19/h4-17H,1-3H3,(H,31,38)(H2,30,33,37). The van der Waals surface area contributed by atoms with Gasteiger partial charge in [-0.3, -0.25) is 9.36 Å². The number of urea groups is 1. The fourth-order valence-corrected chi connectivity index (χ4v) is 4.18. The highest BCUT2D eigenvalue weighted by molar-refractivity contribution is 6.04. The van der Waals surface area contributed by atoms with Crippen LogP contribution >= 0.6 is 0 Å². The van der Waals surface area contributed by atoms with Gasteiger partial charge in [0.05, 0.1) is 29.7 Å². The molecule has 2 aliphatic rings. The van der Waals surface area contributed by atoms with Crippen LogP contribution in [0.3, 0.4) is 0 Å². The van der Waals surface area contributed by atoms with Crippen molar-refractivity contribution in [3.63, 3.8) is 0 Å². The lowest BCUT2D eigenvalue weighted by atomic mass is 10.1. The summed E-state index contributed by atoms with van der Waals surface area (Å²) in [5, 5.41) is 8.16. The molecule has 0 fully saturated rings. The topological polar surface area (TPSA) is 118 Å². The molecular formula is C29H26N6O4. The Hall–Kier alpha value is -5.38. The number of carbonyl (C=O) groups excluding carboxylic acids is 2. The Labute approximate surface area is 224 Å². The number of para-hydroxylation sites is 2. The van der Waals surface area contributed by atoms with Crippen LogP contribution < -0.4 is 31.0 Å². The van der Waals surface area contributed by atoms with Gasteiger partial charge < -0.3 is 25.6 Å². The number of nitrogens with one attached hydrogen (secondary N) is 3. The number of hydrogen-bond donors (Lipinski definition) is 3. The average molecular weight is 523 g/mol. The van der Waals surface area contributed by atoms with Gasteiger partial charge in [-0.2, -0.15) is 0 Å².